The lowest BCUT2D eigenvalue weighted by Crippen LogP contribution is -2.41. The molecular formula is C20H22ClNO6. The summed E-state index contributed by atoms with van der Waals surface area (Å²) in [7, 11) is 3.00. The van der Waals surface area contributed by atoms with E-state index in [1.807, 2.05) is 0 Å². The van der Waals surface area contributed by atoms with Gasteiger partial charge in [-0.1, -0.05) is 11.6 Å². The van der Waals surface area contributed by atoms with Gasteiger partial charge in [-0.3, -0.25) is 4.79 Å². The number of hydrogen-bond acceptors (Lipinski definition) is 6. The van der Waals surface area contributed by atoms with Crippen molar-refractivity contribution in [3.8, 4) is 17.2 Å². The number of rotatable bonds is 8. The highest BCUT2D eigenvalue weighted by Gasteiger charge is 2.32. The van der Waals surface area contributed by atoms with E-state index in [2.05, 4.69) is 5.32 Å². The van der Waals surface area contributed by atoms with Crippen molar-refractivity contribution < 1.29 is 28.5 Å². The van der Waals surface area contributed by atoms with Gasteiger partial charge in [-0.2, -0.15) is 0 Å². The van der Waals surface area contributed by atoms with E-state index in [0.717, 1.165) is 0 Å². The van der Waals surface area contributed by atoms with Crippen LogP contribution in [0.15, 0.2) is 42.5 Å². The van der Waals surface area contributed by atoms with Crippen LogP contribution in [0.1, 0.15) is 13.8 Å². The molecule has 1 amide bonds. The predicted molar refractivity (Wildman–Crippen MR) is 105 cm³/mol. The van der Waals surface area contributed by atoms with Crippen LogP contribution in [0.2, 0.25) is 5.02 Å². The van der Waals surface area contributed by atoms with Crippen molar-refractivity contribution in [3.05, 3.63) is 47.5 Å². The number of carbonyl (C=O) groups excluding carboxylic acids is 2. The zero-order valence-corrected chi connectivity index (χ0v) is 16.8. The van der Waals surface area contributed by atoms with E-state index in [1.54, 1.807) is 56.3 Å². The first-order chi connectivity index (χ1) is 13.2. The number of nitrogens with one attached hydrogen (secondary N) is 1. The first-order valence-corrected chi connectivity index (χ1v) is 8.76. The van der Waals surface area contributed by atoms with Crippen LogP contribution < -0.4 is 19.5 Å². The fourth-order valence-electron chi connectivity index (χ4n) is 2.23. The molecule has 0 spiro atoms. The van der Waals surface area contributed by atoms with Crippen LogP contribution in [0.3, 0.4) is 0 Å². The van der Waals surface area contributed by atoms with Gasteiger partial charge in [-0.25, -0.2) is 4.79 Å². The minimum absolute atomic E-state index is 0.422. The van der Waals surface area contributed by atoms with Gasteiger partial charge >= 0.3 is 5.97 Å². The van der Waals surface area contributed by atoms with Crippen LogP contribution in [0.4, 0.5) is 5.69 Å². The molecule has 28 heavy (non-hydrogen) atoms. The van der Waals surface area contributed by atoms with Gasteiger partial charge in [0.25, 0.3) is 5.91 Å². The molecule has 0 radical (unpaired) electrons. The Labute approximate surface area is 168 Å². The molecule has 0 aromatic heterocycles. The minimum Gasteiger partial charge on any atom is -0.497 e. The lowest BCUT2D eigenvalue weighted by atomic mass is 10.1. The Kier molecular flexibility index (Phi) is 7.12. The van der Waals surface area contributed by atoms with Gasteiger partial charge in [0.05, 0.1) is 19.9 Å². The third-order valence-electron chi connectivity index (χ3n) is 3.70. The van der Waals surface area contributed by atoms with Crippen molar-refractivity contribution in [3.63, 3.8) is 0 Å². The Morgan fingerprint density at radius 2 is 1.64 bits per heavy atom. The van der Waals surface area contributed by atoms with Crippen molar-refractivity contribution in [1.82, 2.24) is 0 Å². The average molecular weight is 408 g/mol. The summed E-state index contributed by atoms with van der Waals surface area (Å²) in [5.74, 6) is 0.268. The molecule has 7 nitrogen and oxygen atoms in total. The Morgan fingerprint density at radius 1 is 1.00 bits per heavy atom. The summed E-state index contributed by atoms with van der Waals surface area (Å²) in [6.45, 7) is 2.63. The number of methoxy groups -OCH3 is 2. The Hall–Kier alpha value is -2.93. The van der Waals surface area contributed by atoms with Crippen LogP contribution in [0, 0.1) is 0 Å². The Morgan fingerprint density at radius 3 is 2.25 bits per heavy atom. The molecule has 0 bridgehead atoms. The molecule has 0 aliphatic rings. The van der Waals surface area contributed by atoms with Crippen LogP contribution in [-0.2, 0) is 14.3 Å². The van der Waals surface area contributed by atoms with Crippen LogP contribution in [0.25, 0.3) is 0 Å². The van der Waals surface area contributed by atoms with E-state index in [-0.39, 0.29) is 0 Å². The number of amides is 1. The molecule has 0 fully saturated rings. The molecule has 0 heterocycles. The fraction of sp³-hybridized carbons (Fsp3) is 0.300. The molecule has 0 saturated heterocycles. The number of carbonyl (C=O) groups is 2. The smallest absolute Gasteiger partial charge is 0.350 e. The quantitative estimate of drug-likeness (QED) is 0.672. The van der Waals surface area contributed by atoms with Crippen molar-refractivity contribution in [1.29, 1.82) is 0 Å². The second-order valence-electron chi connectivity index (χ2n) is 6.26. The Balaban J connectivity index is 1.92. The summed E-state index contributed by atoms with van der Waals surface area (Å²) in [6, 6.07) is 11.5. The third-order valence-corrected chi connectivity index (χ3v) is 3.95. The average Bonchev–Trinajstić information content (AvgIpc) is 2.68. The summed E-state index contributed by atoms with van der Waals surface area (Å²) >= 11 is 5.83. The van der Waals surface area contributed by atoms with Crippen LogP contribution in [0.5, 0.6) is 17.2 Å². The van der Waals surface area contributed by atoms with E-state index in [4.69, 9.17) is 30.5 Å². The van der Waals surface area contributed by atoms with Gasteiger partial charge in [0.15, 0.2) is 12.2 Å². The van der Waals surface area contributed by atoms with Gasteiger partial charge in [0, 0.05) is 11.1 Å². The second-order valence-corrected chi connectivity index (χ2v) is 6.69. The Bertz CT molecular complexity index is 835. The van der Waals surface area contributed by atoms with Crippen molar-refractivity contribution >= 4 is 29.2 Å². The van der Waals surface area contributed by atoms with Gasteiger partial charge in [-0.05, 0) is 50.2 Å². The summed E-state index contributed by atoms with van der Waals surface area (Å²) in [5.41, 5.74) is -0.854. The fourth-order valence-corrected chi connectivity index (χ4v) is 2.36. The maximum Gasteiger partial charge on any atom is 0.350 e. The van der Waals surface area contributed by atoms with Gasteiger partial charge in [0.1, 0.15) is 17.2 Å². The standard InChI is InChI=1S/C20H22ClNO6/c1-20(2,28-14-7-5-13(21)6-8-14)19(24)27-12-18(23)22-16-10-9-15(25-3)11-17(16)26-4/h5-11H,12H2,1-4H3,(H,22,23). The lowest BCUT2D eigenvalue weighted by Gasteiger charge is -2.24. The van der Waals surface area contributed by atoms with Crippen LogP contribution >= 0.6 is 11.6 Å². The minimum atomic E-state index is -1.29. The molecule has 0 atom stereocenters. The first kappa shape index (κ1) is 21.4. The zero-order valence-electron chi connectivity index (χ0n) is 16.1. The highest BCUT2D eigenvalue weighted by Crippen LogP contribution is 2.29. The number of benzene rings is 2. The molecule has 0 aliphatic carbocycles. The number of esters is 1. The molecule has 0 aliphatic heterocycles. The number of halogens is 1. The number of anilines is 1. The predicted octanol–water partition coefficient (Wildman–Crippen LogP) is 3.70. The normalized spacial score (nSPS) is 10.8. The molecule has 0 unspecified atom stereocenters. The second kappa shape index (κ2) is 9.32. The van der Waals surface area contributed by atoms with Crippen molar-refractivity contribution in [2.45, 2.75) is 19.4 Å². The van der Waals surface area contributed by atoms with Crippen molar-refractivity contribution in [2.75, 3.05) is 26.1 Å². The molecule has 1 N–H and O–H groups in total. The van der Waals surface area contributed by atoms with Gasteiger partial charge in [0.2, 0.25) is 0 Å². The lowest BCUT2D eigenvalue weighted by molar-refractivity contribution is -0.161. The van der Waals surface area contributed by atoms with Crippen molar-refractivity contribution in [2.24, 2.45) is 0 Å². The molecule has 2 aromatic carbocycles. The number of hydrogen-bond donors (Lipinski definition) is 1. The summed E-state index contributed by atoms with van der Waals surface area (Å²) in [5, 5.41) is 3.18. The molecule has 2 rings (SSSR count). The molecule has 8 heteroatoms. The van der Waals surface area contributed by atoms with E-state index >= 15 is 0 Å². The van der Waals surface area contributed by atoms with Gasteiger partial charge in [-0.15, -0.1) is 0 Å². The first-order valence-electron chi connectivity index (χ1n) is 8.39. The monoisotopic (exact) mass is 407 g/mol. The summed E-state index contributed by atoms with van der Waals surface area (Å²) < 4.78 is 21.0. The SMILES string of the molecule is COc1ccc(NC(=O)COC(=O)C(C)(C)Oc2ccc(Cl)cc2)c(OC)c1. The molecular weight excluding hydrogens is 386 g/mol. The topological polar surface area (TPSA) is 83.1 Å². The third kappa shape index (κ3) is 5.79. The molecule has 150 valence electrons. The van der Waals surface area contributed by atoms with Gasteiger partial charge < -0.3 is 24.3 Å². The summed E-state index contributed by atoms with van der Waals surface area (Å²) in [4.78, 5) is 24.4. The van der Waals surface area contributed by atoms with E-state index in [9.17, 15) is 9.59 Å². The maximum absolute atomic E-state index is 12.3. The molecule has 2 aromatic rings. The van der Waals surface area contributed by atoms with E-state index in [0.29, 0.717) is 28.0 Å². The highest BCUT2D eigenvalue weighted by atomic mass is 35.5. The molecule has 0 saturated carbocycles. The van der Waals surface area contributed by atoms with E-state index < -0.39 is 24.1 Å². The van der Waals surface area contributed by atoms with Crippen LogP contribution in [-0.4, -0.2) is 38.3 Å². The summed E-state index contributed by atoms with van der Waals surface area (Å²) in [6.07, 6.45) is 0. The van der Waals surface area contributed by atoms with E-state index in [1.165, 1.54) is 14.2 Å². The number of ether oxygens (including phenoxy) is 4. The highest BCUT2D eigenvalue weighted by molar-refractivity contribution is 6.30. The zero-order chi connectivity index (χ0) is 20.7. The largest absolute Gasteiger partial charge is 0.497 e. The maximum atomic E-state index is 12.3.